The molecule has 0 bridgehead atoms. The third-order valence-corrected chi connectivity index (χ3v) is 4.59. The Morgan fingerprint density at radius 2 is 1.78 bits per heavy atom. The van der Waals surface area contributed by atoms with Crippen molar-refractivity contribution in [3.05, 3.63) is 65.7 Å². The summed E-state index contributed by atoms with van der Waals surface area (Å²) in [4.78, 5) is 14.4. The van der Waals surface area contributed by atoms with Crippen LogP contribution in [0.4, 0.5) is 0 Å². The van der Waals surface area contributed by atoms with Crippen LogP contribution in [-0.4, -0.2) is 23.9 Å². The number of benzene rings is 2. The lowest BCUT2D eigenvalue weighted by Crippen LogP contribution is -2.36. The van der Waals surface area contributed by atoms with Gasteiger partial charge >= 0.3 is 0 Å². The van der Waals surface area contributed by atoms with Crippen molar-refractivity contribution in [3.63, 3.8) is 0 Å². The van der Waals surface area contributed by atoms with Crippen LogP contribution in [-0.2, 0) is 6.61 Å². The Morgan fingerprint density at radius 3 is 2.39 bits per heavy atom. The number of hydrogen-bond donors (Lipinski definition) is 0. The Balaban J connectivity index is 1.59. The van der Waals surface area contributed by atoms with Gasteiger partial charge < -0.3 is 9.64 Å². The molecular weight excluding hydrogens is 286 g/mol. The van der Waals surface area contributed by atoms with E-state index in [1.165, 1.54) is 12.8 Å². The molecule has 3 heteroatoms. The maximum absolute atomic E-state index is 12.5. The number of carbonyl (C=O) groups is 1. The molecule has 0 N–H and O–H groups in total. The number of carbonyl (C=O) groups excluding carboxylic acids is 1. The standard InChI is InChI=1S/C20H23NO2/c1-15(17-12-13-17)21(2)20(22)18-10-8-16(9-11-18)14-23-19-6-4-3-5-7-19/h3-11,15,17H,12-14H2,1-2H3. The van der Waals surface area contributed by atoms with Gasteiger partial charge in [0, 0.05) is 18.7 Å². The second-order valence-corrected chi connectivity index (χ2v) is 6.29. The molecule has 0 heterocycles. The monoisotopic (exact) mass is 309 g/mol. The lowest BCUT2D eigenvalue weighted by Gasteiger charge is -2.25. The Bertz CT molecular complexity index is 647. The molecular formula is C20H23NO2. The van der Waals surface area contributed by atoms with Crippen LogP contribution in [0.15, 0.2) is 54.6 Å². The summed E-state index contributed by atoms with van der Waals surface area (Å²) in [5.74, 6) is 1.63. The smallest absolute Gasteiger partial charge is 0.253 e. The minimum Gasteiger partial charge on any atom is -0.489 e. The van der Waals surface area contributed by atoms with Crippen LogP contribution in [0.1, 0.15) is 35.7 Å². The molecule has 3 nitrogen and oxygen atoms in total. The summed E-state index contributed by atoms with van der Waals surface area (Å²) in [6, 6.07) is 17.8. The summed E-state index contributed by atoms with van der Waals surface area (Å²) < 4.78 is 5.72. The fraction of sp³-hybridized carbons (Fsp3) is 0.350. The largest absolute Gasteiger partial charge is 0.489 e. The maximum atomic E-state index is 12.5. The van der Waals surface area contributed by atoms with Gasteiger partial charge in [0.2, 0.25) is 0 Å². The van der Waals surface area contributed by atoms with E-state index in [-0.39, 0.29) is 5.91 Å². The van der Waals surface area contributed by atoms with E-state index in [1.54, 1.807) is 0 Å². The maximum Gasteiger partial charge on any atom is 0.253 e. The number of ether oxygens (including phenoxy) is 1. The first-order chi connectivity index (χ1) is 11.1. The van der Waals surface area contributed by atoms with Crippen LogP contribution in [0.3, 0.4) is 0 Å². The first-order valence-electron chi connectivity index (χ1n) is 8.19. The third-order valence-electron chi connectivity index (χ3n) is 4.59. The van der Waals surface area contributed by atoms with Crippen molar-refractivity contribution in [2.24, 2.45) is 5.92 Å². The highest BCUT2D eigenvalue weighted by Gasteiger charge is 2.32. The average molecular weight is 309 g/mol. The molecule has 1 atom stereocenters. The molecule has 1 unspecified atom stereocenters. The molecule has 3 rings (SSSR count). The van der Waals surface area contributed by atoms with E-state index in [9.17, 15) is 4.79 Å². The zero-order chi connectivity index (χ0) is 16.2. The second-order valence-electron chi connectivity index (χ2n) is 6.29. The van der Waals surface area contributed by atoms with Gasteiger partial charge in [0.15, 0.2) is 0 Å². The van der Waals surface area contributed by atoms with Crippen molar-refractivity contribution in [2.45, 2.75) is 32.4 Å². The normalized spacial score (nSPS) is 15.0. The third kappa shape index (κ3) is 3.92. The lowest BCUT2D eigenvalue weighted by atomic mass is 10.1. The van der Waals surface area contributed by atoms with E-state index < -0.39 is 0 Å². The van der Waals surface area contributed by atoms with Crippen LogP contribution >= 0.6 is 0 Å². The molecule has 1 aliphatic carbocycles. The highest BCUT2D eigenvalue weighted by atomic mass is 16.5. The Hall–Kier alpha value is -2.29. The Morgan fingerprint density at radius 1 is 1.13 bits per heavy atom. The van der Waals surface area contributed by atoms with Crippen LogP contribution in [0.2, 0.25) is 0 Å². The molecule has 2 aromatic carbocycles. The van der Waals surface area contributed by atoms with Gasteiger partial charge in [-0.2, -0.15) is 0 Å². The summed E-state index contributed by atoms with van der Waals surface area (Å²) in [6.45, 7) is 2.64. The average Bonchev–Trinajstić information content (AvgIpc) is 3.44. The summed E-state index contributed by atoms with van der Waals surface area (Å²) in [6.07, 6.45) is 2.49. The number of hydrogen-bond acceptors (Lipinski definition) is 2. The number of amides is 1. The van der Waals surface area contributed by atoms with Crippen molar-refractivity contribution < 1.29 is 9.53 Å². The van der Waals surface area contributed by atoms with Crippen molar-refractivity contribution in [2.75, 3.05) is 7.05 Å². The van der Waals surface area contributed by atoms with Gasteiger partial charge in [-0.25, -0.2) is 0 Å². The van der Waals surface area contributed by atoms with Crippen LogP contribution in [0.25, 0.3) is 0 Å². The molecule has 2 aromatic rings. The number of nitrogens with zero attached hydrogens (tertiary/aromatic N) is 1. The SMILES string of the molecule is CC(C1CC1)N(C)C(=O)c1ccc(COc2ccccc2)cc1. The van der Waals surface area contributed by atoms with E-state index >= 15 is 0 Å². The molecule has 120 valence electrons. The highest BCUT2D eigenvalue weighted by molar-refractivity contribution is 5.94. The predicted molar refractivity (Wildman–Crippen MR) is 91.5 cm³/mol. The molecule has 0 aliphatic heterocycles. The molecule has 1 fully saturated rings. The summed E-state index contributed by atoms with van der Waals surface area (Å²) in [7, 11) is 1.90. The van der Waals surface area contributed by atoms with E-state index in [0.717, 1.165) is 16.9 Å². The van der Waals surface area contributed by atoms with Crippen molar-refractivity contribution >= 4 is 5.91 Å². The topological polar surface area (TPSA) is 29.5 Å². The number of para-hydroxylation sites is 1. The van der Waals surface area contributed by atoms with E-state index in [1.807, 2.05) is 66.5 Å². The fourth-order valence-electron chi connectivity index (χ4n) is 2.71. The van der Waals surface area contributed by atoms with Crippen molar-refractivity contribution in [1.29, 1.82) is 0 Å². The van der Waals surface area contributed by atoms with E-state index in [4.69, 9.17) is 4.74 Å². The fourth-order valence-corrected chi connectivity index (χ4v) is 2.71. The summed E-state index contributed by atoms with van der Waals surface area (Å²) in [5.41, 5.74) is 1.80. The first-order valence-corrected chi connectivity index (χ1v) is 8.19. The minimum absolute atomic E-state index is 0.0972. The predicted octanol–water partition coefficient (Wildman–Crippen LogP) is 4.14. The molecule has 23 heavy (non-hydrogen) atoms. The van der Waals surface area contributed by atoms with Gasteiger partial charge in [-0.15, -0.1) is 0 Å². The molecule has 0 aromatic heterocycles. The molecule has 0 saturated heterocycles. The molecule has 1 amide bonds. The van der Waals surface area contributed by atoms with Crippen LogP contribution in [0, 0.1) is 5.92 Å². The quantitative estimate of drug-likeness (QED) is 0.802. The Labute approximate surface area is 137 Å². The second kappa shape index (κ2) is 6.86. The molecule has 1 aliphatic rings. The lowest BCUT2D eigenvalue weighted by molar-refractivity contribution is 0.0727. The summed E-state index contributed by atoms with van der Waals surface area (Å²) in [5, 5.41) is 0. The van der Waals surface area contributed by atoms with Crippen molar-refractivity contribution in [3.8, 4) is 5.75 Å². The Kier molecular flexibility index (Phi) is 4.65. The molecule has 1 saturated carbocycles. The summed E-state index contributed by atoms with van der Waals surface area (Å²) >= 11 is 0. The minimum atomic E-state index is 0.0972. The molecule has 0 spiro atoms. The first kappa shape index (κ1) is 15.6. The van der Waals surface area contributed by atoms with Crippen LogP contribution < -0.4 is 4.74 Å². The zero-order valence-electron chi connectivity index (χ0n) is 13.7. The van der Waals surface area contributed by atoms with Gasteiger partial charge in [0.1, 0.15) is 12.4 Å². The highest BCUT2D eigenvalue weighted by Crippen LogP contribution is 2.35. The van der Waals surface area contributed by atoms with E-state index in [2.05, 4.69) is 6.92 Å². The van der Waals surface area contributed by atoms with Gasteiger partial charge in [-0.05, 0) is 55.5 Å². The van der Waals surface area contributed by atoms with Gasteiger partial charge in [0.25, 0.3) is 5.91 Å². The van der Waals surface area contributed by atoms with Gasteiger partial charge in [-0.3, -0.25) is 4.79 Å². The van der Waals surface area contributed by atoms with Gasteiger partial charge in [0.05, 0.1) is 0 Å². The zero-order valence-corrected chi connectivity index (χ0v) is 13.7. The van der Waals surface area contributed by atoms with Crippen LogP contribution in [0.5, 0.6) is 5.75 Å². The van der Waals surface area contributed by atoms with Gasteiger partial charge in [-0.1, -0.05) is 30.3 Å². The molecule has 0 radical (unpaired) electrons. The van der Waals surface area contributed by atoms with Crippen molar-refractivity contribution in [1.82, 2.24) is 4.90 Å². The van der Waals surface area contributed by atoms with E-state index in [0.29, 0.717) is 18.6 Å². The number of rotatable bonds is 6.